The lowest BCUT2D eigenvalue weighted by Crippen LogP contribution is -2.47. The van der Waals surface area contributed by atoms with Crippen molar-refractivity contribution in [3.8, 4) is 0 Å². The van der Waals surface area contributed by atoms with Crippen molar-refractivity contribution < 1.29 is 19.2 Å². The number of aromatic nitrogens is 2. The van der Waals surface area contributed by atoms with Crippen LogP contribution in [0.2, 0.25) is 0 Å². The third kappa shape index (κ3) is 2.60. The number of anilines is 1. The van der Waals surface area contributed by atoms with Crippen molar-refractivity contribution in [3.05, 3.63) is 48.0 Å². The van der Waals surface area contributed by atoms with E-state index >= 15 is 0 Å². The fourth-order valence-corrected chi connectivity index (χ4v) is 5.01. The van der Waals surface area contributed by atoms with Gasteiger partial charge in [-0.15, -0.1) is 0 Å². The maximum atomic E-state index is 13.4. The molecule has 0 bridgehead atoms. The summed E-state index contributed by atoms with van der Waals surface area (Å²) in [4.78, 5) is 59.4. The van der Waals surface area contributed by atoms with Crippen LogP contribution in [0.5, 0.6) is 0 Å². The Bertz CT molecular complexity index is 1130. The van der Waals surface area contributed by atoms with E-state index in [9.17, 15) is 19.2 Å². The zero-order valence-electron chi connectivity index (χ0n) is 17.2. The molecule has 160 valence electrons. The van der Waals surface area contributed by atoms with Crippen LogP contribution in [0.25, 0.3) is 0 Å². The van der Waals surface area contributed by atoms with Gasteiger partial charge in [-0.05, 0) is 18.1 Å². The van der Waals surface area contributed by atoms with E-state index in [4.69, 9.17) is 0 Å². The number of imidazole rings is 1. The summed E-state index contributed by atoms with van der Waals surface area (Å²) in [5, 5.41) is 2.95. The standard InChI is InChI=1S/C21H22N6O4/c1-24-10-8-22-18(24)17-21(13-5-3-4-6-14(13)23-19(21)30)7-9-26(17)16(29)12-27-15(28)11-25(2)20(27)31/h3-6,8,10,17H,7,9,11-12H2,1-2H3,(H,23,30)/t17-,21+/m0/s1. The molecule has 0 aliphatic carbocycles. The predicted molar refractivity (Wildman–Crippen MR) is 109 cm³/mol. The van der Waals surface area contributed by atoms with Crippen molar-refractivity contribution in [2.75, 3.05) is 32.0 Å². The van der Waals surface area contributed by atoms with Crippen LogP contribution in [-0.2, 0) is 26.8 Å². The number of nitrogens with one attached hydrogen (secondary N) is 1. The number of hydrogen-bond acceptors (Lipinski definition) is 5. The second-order valence-corrected chi connectivity index (χ2v) is 8.23. The average molecular weight is 422 g/mol. The maximum absolute atomic E-state index is 13.4. The molecule has 2 saturated heterocycles. The van der Waals surface area contributed by atoms with Crippen LogP contribution in [0.4, 0.5) is 10.5 Å². The molecule has 1 aromatic carbocycles. The number of likely N-dealkylation sites (N-methyl/N-ethyl adjacent to an activating group) is 1. The van der Waals surface area contributed by atoms with Crippen molar-refractivity contribution in [3.63, 3.8) is 0 Å². The largest absolute Gasteiger partial charge is 0.336 e. The predicted octanol–water partition coefficient (Wildman–Crippen LogP) is 0.478. The number of fused-ring (bicyclic) bond motifs is 2. The minimum Gasteiger partial charge on any atom is -0.336 e. The van der Waals surface area contributed by atoms with E-state index in [1.807, 2.05) is 31.3 Å². The number of para-hydroxylation sites is 1. The molecule has 2 fully saturated rings. The van der Waals surface area contributed by atoms with Crippen molar-refractivity contribution in [1.29, 1.82) is 0 Å². The Morgan fingerprint density at radius 3 is 2.68 bits per heavy atom. The molecule has 1 spiro atoms. The van der Waals surface area contributed by atoms with Gasteiger partial charge in [-0.25, -0.2) is 9.78 Å². The molecule has 5 amide bonds. The van der Waals surface area contributed by atoms with Crippen LogP contribution in [0.3, 0.4) is 0 Å². The topological polar surface area (TPSA) is 108 Å². The minimum atomic E-state index is -0.985. The number of benzene rings is 1. The molecular weight excluding hydrogens is 400 g/mol. The number of imide groups is 1. The Kier molecular flexibility index (Phi) is 4.14. The molecule has 0 unspecified atom stereocenters. The molecule has 3 aliphatic heterocycles. The molecule has 4 heterocycles. The van der Waals surface area contributed by atoms with Crippen molar-refractivity contribution in [1.82, 2.24) is 24.3 Å². The molecule has 0 saturated carbocycles. The highest BCUT2D eigenvalue weighted by atomic mass is 16.2. The van der Waals surface area contributed by atoms with Crippen LogP contribution >= 0.6 is 0 Å². The molecule has 0 radical (unpaired) electrons. The van der Waals surface area contributed by atoms with Gasteiger partial charge in [-0.2, -0.15) is 0 Å². The number of amides is 5. The van der Waals surface area contributed by atoms with Crippen LogP contribution < -0.4 is 5.32 Å². The number of carbonyl (C=O) groups is 4. The van der Waals surface area contributed by atoms with Gasteiger partial charge in [0.15, 0.2) is 0 Å². The highest BCUT2D eigenvalue weighted by Gasteiger charge is 2.60. The summed E-state index contributed by atoms with van der Waals surface area (Å²) in [5.74, 6) is -0.398. The molecule has 31 heavy (non-hydrogen) atoms. The highest BCUT2D eigenvalue weighted by Crippen LogP contribution is 2.54. The molecule has 5 rings (SSSR count). The Labute approximate surface area is 178 Å². The van der Waals surface area contributed by atoms with Gasteiger partial charge in [0.2, 0.25) is 11.8 Å². The summed E-state index contributed by atoms with van der Waals surface area (Å²) in [6.07, 6.45) is 3.82. The summed E-state index contributed by atoms with van der Waals surface area (Å²) in [6.45, 7) is -0.0962. The third-order valence-corrected chi connectivity index (χ3v) is 6.53. The van der Waals surface area contributed by atoms with Crippen LogP contribution in [0.15, 0.2) is 36.7 Å². The molecule has 2 atom stereocenters. The van der Waals surface area contributed by atoms with Crippen LogP contribution in [0.1, 0.15) is 23.9 Å². The van der Waals surface area contributed by atoms with Gasteiger partial charge in [0, 0.05) is 38.7 Å². The summed E-state index contributed by atoms with van der Waals surface area (Å²) >= 11 is 0. The Morgan fingerprint density at radius 2 is 2.00 bits per heavy atom. The maximum Gasteiger partial charge on any atom is 0.327 e. The van der Waals surface area contributed by atoms with Gasteiger partial charge in [-0.1, -0.05) is 18.2 Å². The van der Waals surface area contributed by atoms with E-state index in [0.29, 0.717) is 18.8 Å². The molecule has 1 aromatic heterocycles. The monoisotopic (exact) mass is 422 g/mol. The van der Waals surface area contributed by atoms with Gasteiger partial charge in [0.05, 0.1) is 0 Å². The zero-order valence-corrected chi connectivity index (χ0v) is 17.2. The van der Waals surface area contributed by atoms with Gasteiger partial charge in [0.1, 0.15) is 30.4 Å². The van der Waals surface area contributed by atoms with Crippen LogP contribution in [0, 0.1) is 0 Å². The number of rotatable bonds is 3. The third-order valence-electron chi connectivity index (χ3n) is 6.53. The molecule has 2 aromatic rings. The zero-order chi connectivity index (χ0) is 21.9. The van der Waals surface area contributed by atoms with Gasteiger partial charge in [0.25, 0.3) is 5.91 Å². The molecule has 1 N–H and O–H groups in total. The molecular formula is C21H22N6O4. The second kappa shape index (κ2) is 6.66. The lowest BCUT2D eigenvalue weighted by Gasteiger charge is -2.34. The van der Waals surface area contributed by atoms with Gasteiger partial charge in [-0.3, -0.25) is 19.3 Å². The highest BCUT2D eigenvalue weighted by molar-refractivity contribution is 6.08. The molecule has 10 nitrogen and oxygen atoms in total. The van der Waals surface area contributed by atoms with Gasteiger partial charge >= 0.3 is 6.03 Å². The Morgan fingerprint density at radius 1 is 1.23 bits per heavy atom. The normalized spacial score (nSPS) is 25.0. The number of urea groups is 1. The van der Waals surface area contributed by atoms with Crippen molar-refractivity contribution in [2.45, 2.75) is 17.9 Å². The number of aryl methyl sites for hydroxylation is 1. The summed E-state index contributed by atoms with van der Waals surface area (Å²) in [7, 11) is 3.34. The van der Waals surface area contributed by atoms with Crippen molar-refractivity contribution in [2.24, 2.45) is 7.05 Å². The first-order valence-electron chi connectivity index (χ1n) is 10.1. The van der Waals surface area contributed by atoms with E-state index in [0.717, 1.165) is 16.2 Å². The number of nitrogens with zero attached hydrogens (tertiary/aromatic N) is 5. The summed E-state index contributed by atoms with van der Waals surface area (Å²) in [5.41, 5.74) is 0.574. The Hall–Kier alpha value is -3.69. The first-order valence-corrected chi connectivity index (χ1v) is 10.1. The lowest BCUT2D eigenvalue weighted by atomic mass is 9.74. The Balaban J connectivity index is 1.56. The quantitative estimate of drug-likeness (QED) is 0.724. The van der Waals surface area contributed by atoms with E-state index in [1.165, 1.54) is 11.9 Å². The second-order valence-electron chi connectivity index (χ2n) is 8.23. The number of likely N-dealkylation sites (tertiary alicyclic amines) is 1. The van der Waals surface area contributed by atoms with Gasteiger partial charge < -0.3 is 19.7 Å². The first-order chi connectivity index (χ1) is 14.8. The van der Waals surface area contributed by atoms with E-state index in [-0.39, 0.29) is 24.9 Å². The van der Waals surface area contributed by atoms with E-state index in [1.54, 1.807) is 21.9 Å². The van der Waals surface area contributed by atoms with Crippen molar-refractivity contribution >= 4 is 29.4 Å². The minimum absolute atomic E-state index is 0.0470. The van der Waals surface area contributed by atoms with E-state index in [2.05, 4.69) is 10.3 Å². The van der Waals surface area contributed by atoms with E-state index < -0.39 is 23.4 Å². The summed E-state index contributed by atoms with van der Waals surface area (Å²) < 4.78 is 1.80. The molecule has 10 heteroatoms. The number of carbonyl (C=O) groups excluding carboxylic acids is 4. The summed E-state index contributed by atoms with van der Waals surface area (Å²) in [6, 6.07) is 6.32. The fraction of sp³-hybridized carbons (Fsp3) is 0.381. The lowest BCUT2D eigenvalue weighted by molar-refractivity contribution is -0.138. The average Bonchev–Trinajstić information content (AvgIpc) is 3.46. The SMILES string of the molecule is CN1CC(=O)N(CC(=O)N2CC[C@]3(C(=O)Nc4ccccc43)[C@@H]2c2nccn2C)C1=O. The van der Waals surface area contributed by atoms with Crippen LogP contribution in [-0.4, -0.2) is 74.7 Å². The number of hydrogen-bond donors (Lipinski definition) is 1. The first kappa shape index (κ1) is 19.3. The molecule has 3 aliphatic rings. The smallest absolute Gasteiger partial charge is 0.327 e. The fourth-order valence-electron chi connectivity index (χ4n) is 5.01.